The number of ether oxygens (including phenoxy) is 1. The number of fused-ring (bicyclic) bond motifs is 2. The third kappa shape index (κ3) is 3.36. The molecule has 5 nitrogen and oxygen atoms in total. The number of aromatic nitrogens is 2. The third-order valence-electron chi connectivity index (χ3n) is 6.05. The maximum Gasteiger partial charge on any atom is 0.225 e. The lowest BCUT2D eigenvalue weighted by molar-refractivity contribution is 0.122. The van der Waals surface area contributed by atoms with Crippen molar-refractivity contribution < 1.29 is 4.74 Å². The molecule has 0 unspecified atom stereocenters. The number of anilines is 1. The Balaban J connectivity index is 1.29. The summed E-state index contributed by atoms with van der Waals surface area (Å²) in [5.41, 5.74) is 1.18. The monoisotopic (exact) mass is 316 g/mol. The average molecular weight is 316 g/mol. The Bertz CT molecular complexity index is 514. The molecule has 1 aliphatic heterocycles. The maximum atomic E-state index is 5.37. The van der Waals surface area contributed by atoms with E-state index in [0.717, 1.165) is 56.6 Å². The van der Waals surface area contributed by atoms with Gasteiger partial charge in [-0.3, -0.25) is 0 Å². The van der Waals surface area contributed by atoms with Crippen molar-refractivity contribution in [3.05, 3.63) is 18.0 Å². The van der Waals surface area contributed by atoms with Gasteiger partial charge in [-0.25, -0.2) is 9.97 Å². The second-order valence-corrected chi connectivity index (χ2v) is 7.50. The fraction of sp³-hybridized carbons (Fsp3) is 0.778. The summed E-state index contributed by atoms with van der Waals surface area (Å²) in [7, 11) is 0. The summed E-state index contributed by atoms with van der Waals surface area (Å²) in [5, 5.41) is 3.71. The second kappa shape index (κ2) is 6.73. The van der Waals surface area contributed by atoms with Crippen LogP contribution in [0.2, 0.25) is 0 Å². The first kappa shape index (κ1) is 15.3. The van der Waals surface area contributed by atoms with Crippen molar-refractivity contribution in [1.82, 2.24) is 15.3 Å². The molecular formula is C18H28N4O. The van der Waals surface area contributed by atoms with E-state index in [1.54, 1.807) is 0 Å². The van der Waals surface area contributed by atoms with Gasteiger partial charge in [0.05, 0.1) is 13.2 Å². The molecule has 1 aromatic heterocycles. The molecule has 2 aliphatic carbocycles. The highest BCUT2D eigenvalue weighted by molar-refractivity contribution is 5.30. The van der Waals surface area contributed by atoms with Gasteiger partial charge in [0, 0.05) is 43.6 Å². The summed E-state index contributed by atoms with van der Waals surface area (Å²) in [6.45, 7) is 6.55. The van der Waals surface area contributed by atoms with Crippen LogP contribution < -0.4 is 10.2 Å². The second-order valence-electron chi connectivity index (χ2n) is 7.50. The first-order chi connectivity index (χ1) is 11.3. The van der Waals surface area contributed by atoms with E-state index in [1.807, 2.05) is 12.4 Å². The Labute approximate surface area is 138 Å². The molecule has 1 saturated heterocycles. The van der Waals surface area contributed by atoms with Crippen molar-refractivity contribution in [2.45, 2.75) is 45.2 Å². The largest absolute Gasteiger partial charge is 0.378 e. The summed E-state index contributed by atoms with van der Waals surface area (Å²) in [5.74, 6) is 3.70. The summed E-state index contributed by atoms with van der Waals surface area (Å²) in [6.07, 6.45) is 9.79. The lowest BCUT2D eigenvalue weighted by Gasteiger charge is -2.29. The highest BCUT2D eigenvalue weighted by atomic mass is 16.5. The Morgan fingerprint density at radius 2 is 2.00 bits per heavy atom. The Morgan fingerprint density at radius 1 is 1.22 bits per heavy atom. The molecule has 3 aliphatic rings. The third-order valence-corrected chi connectivity index (χ3v) is 6.05. The molecule has 126 valence electrons. The molecule has 2 bridgehead atoms. The van der Waals surface area contributed by atoms with Crippen molar-refractivity contribution in [3.63, 3.8) is 0 Å². The Kier molecular flexibility index (Phi) is 4.49. The zero-order valence-corrected chi connectivity index (χ0v) is 14.1. The molecule has 0 aromatic carbocycles. The lowest BCUT2D eigenvalue weighted by Crippen LogP contribution is -2.37. The van der Waals surface area contributed by atoms with Gasteiger partial charge in [0.25, 0.3) is 0 Å². The Morgan fingerprint density at radius 3 is 2.65 bits per heavy atom. The van der Waals surface area contributed by atoms with E-state index in [-0.39, 0.29) is 0 Å². The van der Waals surface area contributed by atoms with Gasteiger partial charge < -0.3 is 15.0 Å². The van der Waals surface area contributed by atoms with E-state index >= 15 is 0 Å². The van der Waals surface area contributed by atoms with Crippen LogP contribution in [0.25, 0.3) is 0 Å². The first-order valence-electron chi connectivity index (χ1n) is 9.16. The van der Waals surface area contributed by atoms with Gasteiger partial charge in [-0.15, -0.1) is 0 Å². The van der Waals surface area contributed by atoms with Crippen LogP contribution in [0, 0.1) is 17.8 Å². The minimum atomic E-state index is 0.601. The smallest absolute Gasteiger partial charge is 0.225 e. The van der Waals surface area contributed by atoms with Crippen LogP contribution in [0.15, 0.2) is 12.4 Å². The molecule has 0 amide bonds. The van der Waals surface area contributed by atoms with Crippen molar-refractivity contribution in [1.29, 1.82) is 0 Å². The van der Waals surface area contributed by atoms with Crippen LogP contribution in [-0.2, 0) is 11.3 Å². The fourth-order valence-corrected chi connectivity index (χ4v) is 4.70. The van der Waals surface area contributed by atoms with E-state index in [9.17, 15) is 0 Å². The number of nitrogens with zero attached hydrogens (tertiary/aromatic N) is 3. The predicted molar refractivity (Wildman–Crippen MR) is 90.3 cm³/mol. The topological polar surface area (TPSA) is 50.3 Å². The SMILES string of the molecule is C[C@@H](NCc1cnc(N2CCOCC2)nc1)[C@H]1C[C@H]2CC[C@H]1C2. The van der Waals surface area contributed by atoms with Crippen molar-refractivity contribution >= 4 is 5.95 Å². The Hall–Kier alpha value is -1.20. The maximum absolute atomic E-state index is 5.37. The molecule has 2 saturated carbocycles. The van der Waals surface area contributed by atoms with Crippen molar-refractivity contribution in [2.24, 2.45) is 17.8 Å². The molecule has 4 rings (SSSR count). The number of rotatable bonds is 5. The van der Waals surface area contributed by atoms with E-state index in [1.165, 1.54) is 31.2 Å². The molecule has 1 aromatic rings. The van der Waals surface area contributed by atoms with Crippen LogP contribution in [-0.4, -0.2) is 42.3 Å². The van der Waals surface area contributed by atoms with Gasteiger partial charge in [-0.1, -0.05) is 6.42 Å². The zero-order valence-electron chi connectivity index (χ0n) is 14.1. The van der Waals surface area contributed by atoms with Crippen molar-refractivity contribution in [3.8, 4) is 0 Å². The summed E-state index contributed by atoms with van der Waals surface area (Å²) in [4.78, 5) is 11.3. The van der Waals surface area contributed by atoms with Gasteiger partial charge in [-0.2, -0.15) is 0 Å². The van der Waals surface area contributed by atoms with Crippen LogP contribution in [0.4, 0.5) is 5.95 Å². The standard InChI is InChI=1S/C18H28N4O/c1-13(17-9-14-2-3-16(17)8-14)19-10-15-11-20-18(21-12-15)22-4-6-23-7-5-22/h11-14,16-17,19H,2-10H2,1H3/t13-,14+,16+,17-/m1/s1. The highest BCUT2D eigenvalue weighted by Crippen LogP contribution is 2.49. The van der Waals surface area contributed by atoms with E-state index < -0.39 is 0 Å². The van der Waals surface area contributed by atoms with Crippen LogP contribution >= 0.6 is 0 Å². The predicted octanol–water partition coefficient (Wildman–Crippen LogP) is 2.23. The minimum absolute atomic E-state index is 0.601. The highest BCUT2D eigenvalue weighted by Gasteiger charge is 2.41. The normalized spacial score (nSPS) is 31.5. The van der Waals surface area contributed by atoms with Gasteiger partial charge >= 0.3 is 0 Å². The molecular weight excluding hydrogens is 288 g/mol. The van der Waals surface area contributed by atoms with Crippen molar-refractivity contribution in [2.75, 3.05) is 31.2 Å². The molecule has 2 heterocycles. The molecule has 3 fully saturated rings. The van der Waals surface area contributed by atoms with Gasteiger partial charge in [0.1, 0.15) is 0 Å². The van der Waals surface area contributed by atoms with E-state index in [0.29, 0.717) is 6.04 Å². The first-order valence-corrected chi connectivity index (χ1v) is 9.16. The summed E-state index contributed by atoms with van der Waals surface area (Å²) in [6, 6.07) is 0.601. The van der Waals surface area contributed by atoms with Gasteiger partial charge in [-0.05, 0) is 43.9 Å². The number of hydrogen-bond acceptors (Lipinski definition) is 5. The van der Waals surface area contributed by atoms with Crippen LogP contribution in [0.3, 0.4) is 0 Å². The fourth-order valence-electron chi connectivity index (χ4n) is 4.70. The molecule has 23 heavy (non-hydrogen) atoms. The van der Waals surface area contributed by atoms with Gasteiger partial charge in [0.15, 0.2) is 0 Å². The van der Waals surface area contributed by atoms with Gasteiger partial charge in [0.2, 0.25) is 5.95 Å². The average Bonchev–Trinajstić information content (AvgIpc) is 3.24. The molecule has 1 N–H and O–H groups in total. The zero-order chi connectivity index (χ0) is 15.6. The lowest BCUT2D eigenvalue weighted by atomic mass is 9.84. The van der Waals surface area contributed by atoms with E-state index in [2.05, 4.69) is 27.1 Å². The van der Waals surface area contributed by atoms with Crippen LogP contribution in [0.5, 0.6) is 0 Å². The quantitative estimate of drug-likeness (QED) is 0.903. The number of hydrogen-bond donors (Lipinski definition) is 1. The van der Waals surface area contributed by atoms with E-state index in [4.69, 9.17) is 4.74 Å². The summed E-state index contributed by atoms with van der Waals surface area (Å²) < 4.78 is 5.37. The summed E-state index contributed by atoms with van der Waals surface area (Å²) >= 11 is 0. The molecule has 0 spiro atoms. The molecule has 0 radical (unpaired) electrons. The molecule has 5 heteroatoms. The number of nitrogens with one attached hydrogen (secondary N) is 1. The molecule has 4 atom stereocenters. The minimum Gasteiger partial charge on any atom is -0.378 e. The van der Waals surface area contributed by atoms with Crippen LogP contribution in [0.1, 0.15) is 38.2 Å². The number of morpholine rings is 1.